The summed E-state index contributed by atoms with van der Waals surface area (Å²) >= 11 is 0. The summed E-state index contributed by atoms with van der Waals surface area (Å²) < 4.78 is 31.4. The number of pyridine rings is 1. The Morgan fingerprint density at radius 2 is 1.52 bits per heavy atom. The quantitative estimate of drug-likeness (QED) is 0.329. The highest BCUT2D eigenvalue weighted by atomic mass is 16.3. The van der Waals surface area contributed by atoms with Crippen molar-refractivity contribution in [3.63, 3.8) is 0 Å². The van der Waals surface area contributed by atoms with Gasteiger partial charge in [0.05, 0.1) is 5.56 Å². The topological polar surface area (TPSA) is 17.0 Å². The fraction of sp³-hybridized carbons (Fsp3) is 0.160. The summed E-state index contributed by atoms with van der Waals surface area (Å²) in [5.74, 6) is 0. The second kappa shape index (κ2) is 5.68. The van der Waals surface area contributed by atoms with E-state index in [1.165, 1.54) is 5.39 Å². The highest BCUT2D eigenvalue weighted by Gasteiger charge is 2.18. The molecule has 2 heterocycles. The zero-order valence-corrected chi connectivity index (χ0v) is 15.6. The minimum Gasteiger partial charge on any atom is -0.456 e. The molecule has 0 amide bonds. The van der Waals surface area contributed by atoms with Crippen molar-refractivity contribution in [1.29, 1.82) is 0 Å². The molecule has 2 aromatic heterocycles. The van der Waals surface area contributed by atoms with Gasteiger partial charge in [-0.1, -0.05) is 24.3 Å². The SMILES string of the molecule is [2H]C([2H])([2H])c1c[n+](C)c(-c2cc3oc4cc5ccccc5cc4c3cc2C)cc1C. The Morgan fingerprint density at radius 3 is 2.30 bits per heavy atom. The summed E-state index contributed by atoms with van der Waals surface area (Å²) in [7, 11) is 1.89. The molecule has 0 N–H and O–H groups in total. The van der Waals surface area contributed by atoms with Gasteiger partial charge in [0.1, 0.15) is 18.2 Å². The summed E-state index contributed by atoms with van der Waals surface area (Å²) in [6, 6.07) is 18.7. The van der Waals surface area contributed by atoms with Crippen molar-refractivity contribution in [2.75, 3.05) is 0 Å². The van der Waals surface area contributed by atoms with E-state index in [0.29, 0.717) is 5.56 Å². The van der Waals surface area contributed by atoms with E-state index in [1.807, 2.05) is 36.7 Å². The standard InChI is InChI=1S/C25H22NO/c1-15-10-23(26(4)14-17(15)3)20-13-25-21(9-16(20)2)22-11-18-7-5-6-8-19(18)12-24(22)27-25/h5-14H,1-4H3/q+1/i3D3. The van der Waals surface area contributed by atoms with Crippen molar-refractivity contribution in [3.05, 3.63) is 77.5 Å². The zero-order chi connectivity index (χ0) is 21.2. The molecule has 0 bridgehead atoms. The van der Waals surface area contributed by atoms with Crippen LogP contribution in [0.25, 0.3) is 44.0 Å². The second-order valence-corrected chi connectivity index (χ2v) is 7.33. The van der Waals surface area contributed by atoms with E-state index in [9.17, 15) is 0 Å². The summed E-state index contributed by atoms with van der Waals surface area (Å²) in [6.45, 7) is 1.81. The van der Waals surface area contributed by atoms with Gasteiger partial charge in [0, 0.05) is 26.5 Å². The molecule has 5 aromatic rings. The first-order valence-corrected chi connectivity index (χ1v) is 9.09. The fourth-order valence-corrected chi connectivity index (χ4v) is 3.91. The van der Waals surface area contributed by atoms with Crippen LogP contribution < -0.4 is 4.57 Å². The van der Waals surface area contributed by atoms with Crippen LogP contribution in [-0.2, 0) is 7.05 Å². The molecular weight excluding hydrogens is 330 g/mol. The minimum atomic E-state index is -2.12. The van der Waals surface area contributed by atoms with Crippen molar-refractivity contribution >= 4 is 32.7 Å². The third-order valence-electron chi connectivity index (χ3n) is 5.44. The lowest BCUT2D eigenvalue weighted by molar-refractivity contribution is -0.660. The van der Waals surface area contributed by atoms with Crippen LogP contribution in [-0.4, -0.2) is 0 Å². The monoisotopic (exact) mass is 355 g/mol. The number of hydrogen-bond donors (Lipinski definition) is 0. The number of aryl methyl sites for hydroxylation is 4. The Morgan fingerprint density at radius 1 is 0.815 bits per heavy atom. The molecule has 2 nitrogen and oxygen atoms in total. The van der Waals surface area contributed by atoms with Gasteiger partial charge in [0.15, 0.2) is 6.20 Å². The van der Waals surface area contributed by atoms with Crippen LogP contribution in [0, 0.1) is 20.7 Å². The minimum absolute atomic E-state index is 0.378. The van der Waals surface area contributed by atoms with Crippen LogP contribution in [0.2, 0.25) is 0 Å². The predicted molar refractivity (Wildman–Crippen MR) is 112 cm³/mol. The highest BCUT2D eigenvalue weighted by Crippen LogP contribution is 2.35. The van der Waals surface area contributed by atoms with Crippen molar-refractivity contribution in [1.82, 2.24) is 0 Å². The third-order valence-corrected chi connectivity index (χ3v) is 5.44. The van der Waals surface area contributed by atoms with Gasteiger partial charge < -0.3 is 4.42 Å². The molecule has 0 atom stereocenters. The number of rotatable bonds is 1. The largest absolute Gasteiger partial charge is 0.456 e. The first kappa shape index (κ1) is 13.1. The summed E-state index contributed by atoms with van der Waals surface area (Å²) in [5.41, 5.74) is 5.97. The molecule has 132 valence electrons. The number of nitrogens with zero attached hydrogens (tertiary/aromatic N) is 1. The lowest BCUT2D eigenvalue weighted by Gasteiger charge is -2.07. The first-order valence-electron chi connectivity index (χ1n) is 10.6. The van der Waals surface area contributed by atoms with Gasteiger partial charge in [-0.25, -0.2) is 4.57 Å². The average molecular weight is 355 g/mol. The summed E-state index contributed by atoms with van der Waals surface area (Å²) in [5, 5.41) is 4.55. The van der Waals surface area contributed by atoms with E-state index in [2.05, 4.69) is 43.3 Å². The molecular formula is C25H22NO+. The molecule has 2 heteroatoms. The molecule has 0 radical (unpaired) electrons. The third kappa shape index (κ3) is 2.44. The molecule has 3 aromatic carbocycles. The van der Waals surface area contributed by atoms with Crippen LogP contribution >= 0.6 is 0 Å². The highest BCUT2D eigenvalue weighted by molar-refractivity contribution is 6.10. The number of hydrogen-bond acceptors (Lipinski definition) is 1. The fourth-order valence-electron chi connectivity index (χ4n) is 3.91. The van der Waals surface area contributed by atoms with E-state index >= 15 is 0 Å². The van der Waals surface area contributed by atoms with Crippen LogP contribution in [0.1, 0.15) is 20.8 Å². The Balaban J connectivity index is 1.74. The van der Waals surface area contributed by atoms with Crippen LogP contribution in [0.3, 0.4) is 0 Å². The van der Waals surface area contributed by atoms with Crippen molar-refractivity contribution < 1.29 is 13.1 Å². The Bertz CT molecular complexity index is 1460. The molecule has 0 aliphatic carbocycles. The van der Waals surface area contributed by atoms with Gasteiger partial charge in [0.2, 0.25) is 5.69 Å². The summed E-state index contributed by atoms with van der Waals surface area (Å²) in [6.07, 6.45) is 1.71. The lowest BCUT2D eigenvalue weighted by atomic mass is 9.99. The maximum absolute atomic E-state index is 7.76. The van der Waals surface area contributed by atoms with Gasteiger partial charge in [-0.3, -0.25) is 0 Å². The van der Waals surface area contributed by atoms with Gasteiger partial charge in [-0.2, -0.15) is 0 Å². The molecule has 0 fully saturated rings. The number of aromatic nitrogens is 1. The molecule has 27 heavy (non-hydrogen) atoms. The molecule has 0 aliphatic heterocycles. The van der Waals surface area contributed by atoms with Crippen molar-refractivity contribution in [2.24, 2.45) is 7.05 Å². The lowest BCUT2D eigenvalue weighted by Crippen LogP contribution is -2.31. The van der Waals surface area contributed by atoms with Gasteiger partial charge in [-0.05, 0) is 66.9 Å². The maximum atomic E-state index is 7.76. The normalized spacial score (nSPS) is 13.8. The number of furan rings is 1. The smallest absolute Gasteiger partial charge is 0.212 e. The van der Waals surface area contributed by atoms with Crippen LogP contribution in [0.5, 0.6) is 0 Å². The van der Waals surface area contributed by atoms with E-state index < -0.39 is 6.85 Å². The van der Waals surface area contributed by atoms with Gasteiger partial charge >= 0.3 is 0 Å². The molecule has 0 unspecified atom stereocenters. The van der Waals surface area contributed by atoms with Crippen molar-refractivity contribution in [3.8, 4) is 11.3 Å². The molecule has 0 saturated carbocycles. The zero-order valence-electron chi connectivity index (χ0n) is 18.6. The van der Waals surface area contributed by atoms with E-state index in [1.54, 1.807) is 6.20 Å². The van der Waals surface area contributed by atoms with Gasteiger partial charge in [0.25, 0.3) is 0 Å². The maximum Gasteiger partial charge on any atom is 0.212 e. The Labute approximate surface area is 162 Å². The molecule has 0 saturated heterocycles. The van der Waals surface area contributed by atoms with Crippen LogP contribution in [0.15, 0.2) is 65.2 Å². The average Bonchev–Trinajstić information content (AvgIpc) is 3.02. The predicted octanol–water partition coefficient (Wildman–Crippen LogP) is 6.16. The van der Waals surface area contributed by atoms with E-state index in [0.717, 1.165) is 49.7 Å². The first-order chi connectivity index (χ1) is 14.2. The Hall–Kier alpha value is -3.13. The summed E-state index contributed by atoms with van der Waals surface area (Å²) in [4.78, 5) is 0. The van der Waals surface area contributed by atoms with Crippen LogP contribution in [0.4, 0.5) is 0 Å². The molecule has 5 rings (SSSR count). The molecule has 0 spiro atoms. The number of benzene rings is 3. The van der Waals surface area contributed by atoms with Gasteiger partial charge in [-0.15, -0.1) is 0 Å². The number of fused-ring (bicyclic) bond motifs is 4. The van der Waals surface area contributed by atoms with E-state index in [-0.39, 0.29) is 0 Å². The van der Waals surface area contributed by atoms with Crippen molar-refractivity contribution in [2.45, 2.75) is 20.7 Å². The molecule has 0 aliphatic rings. The second-order valence-electron chi connectivity index (χ2n) is 7.33. The van der Waals surface area contributed by atoms with E-state index in [4.69, 9.17) is 8.53 Å². The Kier molecular flexibility index (Phi) is 2.76.